The fraction of sp³-hybridized carbons (Fsp3) is 0.0204. The molecule has 11 aromatic rings. The standard InChI is InChI=1S/C49H30N2/c1-2-13-35-33(10-1)28-43-36(16-8-17-37(35)43)32-11-7-12-34(26-32)50-45-20-5-4-15-39(45)44-27-30(23-25-47(44)50)31-22-24-40-42-19-9-18-41-38-14-3-6-21-46(38)51(49(41)42)48(40)29-31/h1-27,29H,28H2. The van der Waals surface area contributed by atoms with Gasteiger partial charge in [0.05, 0.1) is 27.6 Å². The minimum Gasteiger partial charge on any atom is -0.309 e. The number of fused-ring (bicyclic) bond motifs is 12. The van der Waals surface area contributed by atoms with Gasteiger partial charge in [-0.2, -0.15) is 0 Å². The lowest BCUT2D eigenvalue weighted by atomic mass is 9.95. The van der Waals surface area contributed by atoms with E-state index in [2.05, 4.69) is 179 Å². The van der Waals surface area contributed by atoms with Crippen LogP contribution in [0.15, 0.2) is 170 Å². The van der Waals surface area contributed by atoms with Crippen LogP contribution in [0.25, 0.3) is 99.0 Å². The highest BCUT2D eigenvalue weighted by atomic mass is 15.0. The summed E-state index contributed by atoms with van der Waals surface area (Å²) in [5.41, 5.74) is 18.1. The number of rotatable bonds is 3. The minimum absolute atomic E-state index is 0.976. The molecule has 0 spiro atoms. The maximum absolute atomic E-state index is 2.47. The van der Waals surface area contributed by atoms with Gasteiger partial charge in [0.1, 0.15) is 0 Å². The minimum atomic E-state index is 0.976. The third-order valence-corrected chi connectivity index (χ3v) is 11.5. The third kappa shape index (κ3) is 3.66. The number of nitrogens with zero attached hydrogens (tertiary/aromatic N) is 2. The van der Waals surface area contributed by atoms with Crippen LogP contribution in [0.4, 0.5) is 0 Å². The summed E-state index contributed by atoms with van der Waals surface area (Å²) < 4.78 is 4.91. The van der Waals surface area contributed by atoms with Gasteiger partial charge in [-0.3, -0.25) is 0 Å². The van der Waals surface area contributed by atoms with E-state index in [-0.39, 0.29) is 0 Å². The predicted octanol–water partition coefficient (Wildman–Crippen LogP) is 12.8. The van der Waals surface area contributed by atoms with E-state index in [4.69, 9.17) is 0 Å². The molecule has 8 aromatic carbocycles. The van der Waals surface area contributed by atoms with Crippen molar-refractivity contribution < 1.29 is 0 Å². The van der Waals surface area contributed by atoms with Gasteiger partial charge in [-0.15, -0.1) is 0 Å². The second kappa shape index (κ2) is 9.97. The van der Waals surface area contributed by atoms with Crippen LogP contribution in [-0.4, -0.2) is 8.97 Å². The number of aromatic nitrogens is 2. The van der Waals surface area contributed by atoms with Crippen LogP contribution in [0.1, 0.15) is 11.1 Å². The highest BCUT2D eigenvalue weighted by Crippen LogP contribution is 2.44. The van der Waals surface area contributed by atoms with Crippen LogP contribution in [0.2, 0.25) is 0 Å². The van der Waals surface area contributed by atoms with E-state index in [9.17, 15) is 0 Å². The molecule has 12 rings (SSSR count). The van der Waals surface area contributed by atoms with Gasteiger partial charge >= 0.3 is 0 Å². The Morgan fingerprint density at radius 1 is 0.353 bits per heavy atom. The van der Waals surface area contributed by atoms with Gasteiger partial charge < -0.3 is 8.97 Å². The molecular formula is C49H30N2. The van der Waals surface area contributed by atoms with E-state index < -0.39 is 0 Å². The fourth-order valence-electron chi connectivity index (χ4n) is 9.28. The molecule has 2 nitrogen and oxygen atoms in total. The van der Waals surface area contributed by atoms with Gasteiger partial charge in [-0.1, -0.05) is 127 Å². The first kappa shape index (κ1) is 27.2. The van der Waals surface area contributed by atoms with E-state index in [1.165, 1.54) is 110 Å². The molecule has 0 N–H and O–H groups in total. The lowest BCUT2D eigenvalue weighted by Gasteiger charge is -2.13. The van der Waals surface area contributed by atoms with Crippen molar-refractivity contribution in [1.82, 2.24) is 8.97 Å². The van der Waals surface area contributed by atoms with E-state index in [1.54, 1.807) is 0 Å². The normalized spacial score (nSPS) is 12.6. The Labute approximate surface area is 294 Å². The van der Waals surface area contributed by atoms with Crippen molar-refractivity contribution in [1.29, 1.82) is 0 Å². The van der Waals surface area contributed by atoms with Crippen molar-refractivity contribution in [3.8, 4) is 39.1 Å². The highest BCUT2D eigenvalue weighted by Gasteiger charge is 2.22. The van der Waals surface area contributed by atoms with E-state index >= 15 is 0 Å². The molecule has 2 heteroatoms. The zero-order chi connectivity index (χ0) is 33.2. The molecule has 236 valence electrons. The lowest BCUT2D eigenvalue weighted by Crippen LogP contribution is -1.95. The molecule has 0 unspecified atom stereocenters. The van der Waals surface area contributed by atoms with Crippen LogP contribution in [0.5, 0.6) is 0 Å². The van der Waals surface area contributed by atoms with Gasteiger partial charge in [-0.25, -0.2) is 0 Å². The van der Waals surface area contributed by atoms with Crippen LogP contribution in [0.3, 0.4) is 0 Å². The molecule has 0 radical (unpaired) electrons. The summed E-state index contributed by atoms with van der Waals surface area (Å²) in [5, 5.41) is 7.78. The first-order valence-electron chi connectivity index (χ1n) is 17.8. The van der Waals surface area contributed by atoms with Crippen molar-refractivity contribution >= 4 is 59.9 Å². The molecule has 1 aliphatic carbocycles. The zero-order valence-corrected chi connectivity index (χ0v) is 27.8. The molecule has 3 aromatic heterocycles. The van der Waals surface area contributed by atoms with Crippen LogP contribution >= 0.6 is 0 Å². The summed E-state index contributed by atoms with van der Waals surface area (Å²) in [7, 11) is 0. The largest absolute Gasteiger partial charge is 0.309 e. The van der Waals surface area contributed by atoms with Crippen LogP contribution in [-0.2, 0) is 6.42 Å². The van der Waals surface area contributed by atoms with Gasteiger partial charge in [0.25, 0.3) is 0 Å². The molecular weight excluding hydrogens is 617 g/mol. The van der Waals surface area contributed by atoms with Gasteiger partial charge in [0, 0.05) is 38.0 Å². The van der Waals surface area contributed by atoms with Crippen molar-refractivity contribution in [3.63, 3.8) is 0 Å². The molecule has 51 heavy (non-hydrogen) atoms. The molecule has 0 saturated carbocycles. The Kier molecular flexibility index (Phi) is 5.32. The van der Waals surface area contributed by atoms with Crippen LogP contribution < -0.4 is 0 Å². The van der Waals surface area contributed by atoms with Crippen molar-refractivity contribution in [2.24, 2.45) is 0 Å². The second-order valence-electron chi connectivity index (χ2n) is 14.1. The maximum Gasteiger partial charge on any atom is 0.0620 e. The van der Waals surface area contributed by atoms with E-state index in [1.807, 2.05) is 0 Å². The Bertz CT molecular complexity index is 3230. The number of benzene rings is 8. The molecule has 0 saturated heterocycles. The number of hydrogen-bond acceptors (Lipinski definition) is 0. The molecule has 3 heterocycles. The van der Waals surface area contributed by atoms with Crippen molar-refractivity contribution in [2.45, 2.75) is 6.42 Å². The molecule has 0 atom stereocenters. The number of para-hydroxylation sites is 3. The van der Waals surface area contributed by atoms with Crippen molar-refractivity contribution in [3.05, 3.63) is 181 Å². The summed E-state index contributed by atoms with van der Waals surface area (Å²) in [6.45, 7) is 0. The summed E-state index contributed by atoms with van der Waals surface area (Å²) >= 11 is 0. The molecule has 1 aliphatic rings. The van der Waals surface area contributed by atoms with E-state index in [0.717, 1.165) is 6.42 Å². The average Bonchev–Trinajstić information content (AvgIpc) is 3.93. The Morgan fingerprint density at radius 2 is 0.980 bits per heavy atom. The Balaban J connectivity index is 1.03. The molecule has 0 amide bonds. The second-order valence-corrected chi connectivity index (χ2v) is 14.1. The molecule has 0 aliphatic heterocycles. The predicted molar refractivity (Wildman–Crippen MR) is 215 cm³/mol. The average molecular weight is 647 g/mol. The highest BCUT2D eigenvalue weighted by molar-refractivity contribution is 6.23. The summed E-state index contributed by atoms with van der Waals surface area (Å²) in [6, 6.07) is 63.1. The lowest BCUT2D eigenvalue weighted by molar-refractivity contribution is 1.18. The SMILES string of the molecule is c1cc(-c2cccc3c2Cc2ccccc2-3)cc(-n2c3ccccc3c3cc(-c4ccc5c6cccc7c8ccccc8n(c5c4)c76)ccc32)c1. The van der Waals surface area contributed by atoms with Gasteiger partial charge in [-0.05, 0) is 93.4 Å². The quantitative estimate of drug-likeness (QED) is 0.181. The fourth-order valence-corrected chi connectivity index (χ4v) is 9.28. The van der Waals surface area contributed by atoms with Gasteiger partial charge in [0.15, 0.2) is 0 Å². The van der Waals surface area contributed by atoms with Gasteiger partial charge in [0.2, 0.25) is 0 Å². The zero-order valence-electron chi connectivity index (χ0n) is 27.8. The summed E-state index contributed by atoms with van der Waals surface area (Å²) in [4.78, 5) is 0. The Morgan fingerprint density at radius 3 is 1.88 bits per heavy atom. The summed E-state index contributed by atoms with van der Waals surface area (Å²) in [6.07, 6.45) is 0.976. The Hall–Kier alpha value is -6.64. The molecule has 0 bridgehead atoms. The van der Waals surface area contributed by atoms with Crippen molar-refractivity contribution in [2.75, 3.05) is 0 Å². The summed E-state index contributed by atoms with van der Waals surface area (Å²) in [5.74, 6) is 0. The molecule has 0 fully saturated rings. The maximum atomic E-state index is 2.47. The first-order chi connectivity index (χ1) is 25.3. The monoisotopic (exact) mass is 646 g/mol. The van der Waals surface area contributed by atoms with E-state index in [0.29, 0.717) is 0 Å². The topological polar surface area (TPSA) is 9.34 Å². The first-order valence-corrected chi connectivity index (χ1v) is 17.8. The third-order valence-electron chi connectivity index (χ3n) is 11.5. The number of hydrogen-bond donors (Lipinski definition) is 0. The van der Waals surface area contributed by atoms with Crippen LogP contribution in [0, 0.1) is 0 Å². The smallest absolute Gasteiger partial charge is 0.0620 e.